The zero-order valence-corrected chi connectivity index (χ0v) is 23.0. The molecule has 2 aliphatic rings. The van der Waals surface area contributed by atoms with Gasteiger partial charge in [0, 0.05) is 49.8 Å². The number of nitrogens with one attached hydrogen (secondary N) is 3. The summed E-state index contributed by atoms with van der Waals surface area (Å²) in [6, 6.07) is 13.7. The molecular weight excluding hydrogens is 516 g/mol. The molecule has 0 aliphatic carbocycles. The van der Waals surface area contributed by atoms with Crippen molar-refractivity contribution < 1.29 is 9.59 Å². The fraction of sp³-hybridized carbons (Fsp3) is 0.323. The molecule has 3 N–H and O–H groups in total. The van der Waals surface area contributed by atoms with Crippen LogP contribution < -0.4 is 15.5 Å². The highest BCUT2D eigenvalue weighted by molar-refractivity contribution is 6.03. The number of aromatic amines is 1. The van der Waals surface area contributed by atoms with Crippen LogP contribution >= 0.6 is 0 Å². The Morgan fingerprint density at radius 2 is 1.85 bits per heavy atom. The van der Waals surface area contributed by atoms with Gasteiger partial charge >= 0.3 is 0 Å². The van der Waals surface area contributed by atoms with Crippen LogP contribution in [0.15, 0.2) is 67.6 Å². The van der Waals surface area contributed by atoms with Crippen LogP contribution in [0, 0.1) is 0 Å². The van der Waals surface area contributed by atoms with E-state index in [1.165, 1.54) is 18.9 Å². The van der Waals surface area contributed by atoms with E-state index in [2.05, 4.69) is 53.0 Å². The number of hydrogen-bond donors (Lipinski definition) is 3. The van der Waals surface area contributed by atoms with Crippen molar-refractivity contribution in [1.82, 2.24) is 30.2 Å². The van der Waals surface area contributed by atoms with Gasteiger partial charge in [0.15, 0.2) is 0 Å². The van der Waals surface area contributed by atoms with Crippen molar-refractivity contribution in [2.24, 2.45) is 0 Å². The number of piperidine rings is 1. The van der Waals surface area contributed by atoms with Crippen molar-refractivity contribution in [3.63, 3.8) is 0 Å². The number of hydrogen-bond acceptors (Lipinski definition) is 7. The van der Waals surface area contributed by atoms with E-state index in [-0.39, 0.29) is 17.9 Å². The molecule has 1 aromatic carbocycles. The fourth-order valence-electron chi connectivity index (χ4n) is 5.72. The minimum atomic E-state index is -0.259. The predicted octanol–water partition coefficient (Wildman–Crippen LogP) is 4.14. The van der Waals surface area contributed by atoms with Crippen LogP contribution in [0.3, 0.4) is 0 Å². The number of aromatic nitrogens is 4. The number of benzene rings is 1. The summed E-state index contributed by atoms with van der Waals surface area (Å²) >= 11 is 0. The molecule has 3 aromatic heterocycles. The van der Waals surface area contributed by atoms with Gasteiger partial charge in [-0.05, 0) is 79.8 Å². The van der Waals surface area contributed by atoms with E-state index >= 15 is 0 Å². The van der Waals surface area contributed by atoms with Crippen molar-refractivity contribution >= 4 is 34.4 Å². The lowest BCUT2D eigenvalue weighted by Crippen LogP contribution is -2.46. The number of fused-ring (bicyclic) bond motifs is 1. The third-order valence-electron chi connectivity index (χ3n) is 7.76. The molecule has 210 valence electrons. The summed E-state index contributed by atoms with van der Waals surface area (Å²) in [6.07, 6.45) is 8.92. The maximum absolute atomic E-state index is 13.0. The maximum Gasteiger partial charge on any atom is 0.274 e. The molecule has 0 radical (unpaired) electrons. The molecule has 0 saturated carbocycles. The van der Waals surface area contributed by atoms with Crippen molar-refractivity contribution in [2.45, 2.75) is 38.3 Å². The van der Waals surface area contributed by atoms with E-state index in [4.69, 9.17) is 0 Å². The second-order valence-corrected chi connectivity index (χ2v) is 10.7. The maximum atomic E-state index is 13.0. The van der Waals surface area contributed by atoms with E-state index < -0.39 is 0 Å². The van der Waals surface area contributed by atoms with Crippen LogP contribution in [-0.2, 0) is 11.3 Å². The number of pyridine rings is 1. The Kier molecular flexibility index (Phi) is 7.73. The quantitative estimate of drug-likeness (QED) is 0.282. The second kappa shape index (κ2) is 11.9. The van der Waals surface area contributed by atoms with E-state index in [1.807, 2.05) is 36.4 Å². The first kappa shape index (κ1) is 26.6. The zero-order chi connectivity index (χ0) is 28.2. The number of rotatable bonds is 8. The minimum Gasteiger partial charge on any atom is -0.356 e. The van der Waals surface area contributed by atoms with Crippen molar-refractivity contribution in [3.8, 4) is 11.3 Å². The third-order valence-corrected chi connectivity index (χ3v) is 7.76. The third kappa shape index (κ3) is 6.12. The molecule has 4 aromatic rings. The summed E-state index contributed by atoms with van der Waals surface area (Å²) < 4.78 is 0. The SMILES string of the molecule is C=CC(=O)N[C@@H]1CCCN(Cc2ccnc(C(=O)Nc3ccc(-c4cc5c(N6CCCC6)ncnc5[nH]4)cc3)c2)C1. The Morgan fingerprint density at radius 1 is 1.02 bits per heavy atom. The van der Waals surface area contributed by atoms with Gasteiger partial charge in [-0.25, -0.2) is 9.97 Å². The molecule has 2 aliphatic heterocycles. The lowest BCUT2D eigenvalue weighted by atomic mass is 10.0. The summed E-state index contributed by atoms with van der Waals surface area (Å²) in [5, 5.41) is 6.98. The highest BCUT2D eigenvalue weighted by Crippen LogP contribution is 2.30. The largest absolute Gasteiger partial charge is 0.356 e. The molecular formula is C31H34N8O2. The number of carbonyl (C=O) groups is 2. The molecule has 1 atom stereocenters. The molecule has 2 amide bonds. The lowest BCUT2D eigenvalue weighted by Gasteiger charge is -2.33. The van der Waals surface area contributed by atoms with Gasteiger partial charge in [0.1, 0.15) is 23.5 Å². The first-order chi connectivity index (χ1) is 20.1. The topological polar surface area (TPSA) is 119 Å². The number of carbonyl (C=O) groups excluding carboxylic acids is 2. The van der Waals surface area contributed by atoms with Gasteiger partial charge in [0.2, 0.25) is 5.91 Å². The Morgan fingerprint density at radius 3 is 2.66 bits per heavy atom. The number of amides is 2. The Balaban J connectivity index is 1.10. The first-order valence-electron chi connectivity index (χ1n) is 14.2. The van der Waals surface area contributed by atoms with Gasteiger partial charge in [-0.1, -0.05) is 18.7 Å². The summed E-state index contributed by atoms with van der Waals surface area (Å²) in [5.41, 5.74) is 4.84. The number of H-pyrrole nitrogens is 1. The van der Waals surface area contributed by atoms with Crippen molar-refractivity contribution in [2.75, 3.05) is 36.4 Å². The number of likely N-dealkylation sites (tertiary alicyclic amines) is 1. The summed E-state index contributed by atoms with van der Waals surface area (Å²) in [7, 11) is 0. The van der Waals surface area contributed by atoms with Gasteiger partial charge in [-0.15, -0.1) is 0 Å². The molecule has 0 unspecified atom stereocenters. The van der Waals surface area contributed by atoms with Gasteiger partial charge in [-0.3, -0.25) is 19.5 Å². The van der Waals surface area contributed by atoms with E-state index in [0.717, 1.165) is 72.7 Å². The zero-order valence-electron chi connectivity index (χ0n) is 23.0. The fourth-order valence-corrected chi connectivity index (χ4v) is 5.72. The minimum absolute atomic E-state index is 0.103. The van der Waals surface area contributed by atoms with Crippen LogP contribution in [0.25, 0.3) is 22.3 Å². The van der Waals surface area contributed by atoms with Gasteiger partial charge in [0.05, 0.1) is 5.39 Å². The molecule has 10 nitrogen and oxygen atoms in total. The molecule has 10 heteroatoms. The molecule has 5 heterocycles. The van der Waals surface area contributed by atoms with E-state index in [1.54, 1.807) is 12.5 Å². The van der Waals surface area contributed by atoms with E-state index in [9.17, 15) is 9.59 Å². The van der Waals surface area contributed by atoms with Crippen LogP contribution in [0.4, 0.5) is 11.5 Å². The summed E-state index contributed by atoms with van der Waals surface area (Å²) in [4.78, 5) is 46.0. The molecule has 0 bridgehead atoms. The number of nitrogens with zero attached hydrogens (tertiary/aromatic N) is 5. The second-order valence-electron chi connectivity index (χ2n) is 10.7. The van der Waals surface area contributed by atoms with Gasteiger partial charge in [0.25, 0.3) is 5.91 Å². The standard InChI is InChI=1S/C31H34N8O2/c1-2-28(40)35-24-6-5-13-38(19-24)18-21-11-12-32-27(16-21)31(41)36-23-9-7-22(8-10-23)26-17-25-29(37-26)33-20-34-30(25)39-14-3-4-15-39/h2,7-12,16-17,20,24H,1,3-6,13-15,18-19H2,(H,35,40)(H,36,41)(H,33,34,37)/t24-/m1/s1. The molecule has 41 heavy (non-hydrogen) atoms. The van der Waals surface area contributed by atoms with Crippen molar-refractivity contribution in [3.05, 3.63) is 78.9 Å². The Bertz CT molecular complexity index is 1560. The smallest absolute Gasteiger partial charge is 0.274 e. The Hall–Kier alpha value is -4.57. The monoisotopic (exact) mass is 550 g/mol. The van der Waals surface area contributed by atoms with Crippen LogP contribution in [-0.4, -0.2) is 68.9 Å². The molecule has 2 saturated heterocycles. The first-order valence-corrected chi connectivity index (χ1v) is 14.2. The average Bonchev–Trinajstić information content (AvgIpc) is 3.68. The molecule has 2 fully saturated rings. The number of anilines is 2. The van der Waals surface area contributed by atoms with Gasteiger partial charge in [-0.2, -0.15) is 0 Å². The van der Waals surface area contributed by atoms with Crippen LogP contribution in [0.5, 0.6) is 0 Å². The molecule has 0 spiro atoms. The summed E-state index contributed by atoms with van der Waals surface area (Å²) in [6.45, 7) is 7.97. The summed E-state index contributed by atoms with van der Waals surface area (Å²) in [5.74, 6) is 0.578. The van der Waals surface area contributed by atoms with Crippen molar-refractivity contribution in [1.29, 1.82) is 0 Å². The van der Waals surface area contributed by atoms with Gasteiger partial charge < -0.3 is 20.5 Å². The van der Waals surface area contributed by atoms with Crippen LogP contribution in [0.2, 0.25) is 0 Å². The normalized spacial score (nSPS) is 17.5. The highest BCUT2D eigenvalue weighted by Gasteiger charge is 2.22. The predicted molar refractivity (Wildman–Crippen MR) is 160 cm³/mol. The highest BCUT2D eigenvalue weighted by atomic mass is 16.2. The molecule has 6 rings (SSSR count). The van der Waals surface area contributed by atoms with E-state index in [0.29, 0.717) is 17.9 Å². The average molecular weight is 551 g/mol. The lowest BCUT2D eigenvalue weighted by molar-refractivity contribution is -0.117. The van der Waals surface area contributed by atoms with Crippen LogP contribution in [0.1, 0.15) is 41.7 Å². The Labute approximate surface area is 238 Å².